The average Bonchev–Trinajstić information content (AvgIpc) is 2.07. The molecule has 0 bridgehead atoms. The molecule has 1 saturated carbocycles. The van der Waals surface area contributed by atoms with Gasteiger partial charge in [0.25, 0.3) is 0 Å². The highest BCUT2D eigenvalue weighted by molar-refractivity contribution is 5.74. The Morgan fingerprint density at radius 1 is 1.50 bits per heavy atom. The Morgan fingerprint density at radius 2 is 2.30 bits per heavy atom. The van der Waals surface area contributed by atoms with Crippen LogP contribution >= 0.6 is 0 Å². The third kappa shape index (κ3) is 0.669. The lowest BCUT2D eigenvalue weighted by molar-refractivity contribution is -0.141. The molecule has 3 atom stereocenters. The molecule has 2 rings (SSSR count). The van der Waals surface area contributed by atoms with Crippen molar-refractivity contribution in [2.24, 2.45) is 11.8 Å². The zero-order valence-electron chi connectivity index (χ0n) is 5.71. The van der Waals surface area contributed by atoms with Crippen LogP contribution in [0.15, 0.2) is 0 Å². The average molecular weight is 141 g/mol. The van der Waals surface area contributed by atoms with Gasteiger partial charge in [0.2, 0.25) is 0 Å². The van der Waals surface area contributed by atoms with Crippen LogP contribution in [0.3, 0.4) is 0 Å². The summed E-state index contributed by atoms with van der Waals surface area (Å²) in [5.74, 6) is 0.436. The van der Waals surface area contributed by atoms with Crippen molar-refractivity contribution in [2.45, 2.75) is 18.9 Å². The Hall–Kier alpha value is -0.570. The first-order valence-corrected chi connectivity index (χ1v) is 3.75. The summed E-state index contributed by atoms with van der Waals surface area (Å²) in [4.78, 5) is 10.5. The molecule has 0 radical (unpaired) electrons. The number of fused-ring (bicyclic) bond motifs is 1. The van der Waals surface area contributed by atoms with E-state index in [1.54, 1.807) is 0 Å². The lowest BCUT2D eigenvalue weighted by atomic mass is 9.73. The van der Waals surface area contributed by atoms with Crippen LogP contribution in [0.5, 0.6) is 0 Å². The van der Waals surface area contributed by atoms with Gasteiger partial charge in [-0.1, -0.05) is 0 Å². The predicted molar refractivity (Wildman–Crippen MR) is 35.6 cm³/mol. The standard InChI is InChI=1S/C7H11NO2/c9-7(10)6-5-2-1-4(5)3-8-6/h4-6,8H,1-3H2,(H,9,10)/t4-,5-,6-/m0/s1. The molecule has 0 amide bonds. The Labute approximate surface area is 59.4 Å². The Morgan fingerprint density at radius 3 is 2.60 bits per heavy atom. The maximum absolute atomic E-state index is 10.5. The first-order valence-electron chi connectivity index (χ1n) is 3.75. The second-order valence-corrected chi connectivity index (χ2v) is 3.23. The van der Waals surface area contributed by atoms with Crippen LogP contribution in [0, 0.1) is 11.8 Å². The zero-order valence-corrected chi connectivity index (χ0v) is 5.71. The van der Waals surface area contributed by atoms with Crippen molar-refractivity contribution >= 4 is 5.97 Å². The number of carboxylic acid groups (broad SMARTS) is 1. The summed E-state index contributed by atoms with van der Waals surface area (Å²) in [7, 11) is 0. The quantitative estimate of drug-likeness (QED) is 0.543. The number of aliphatic carboxylic acids is 1. The number of nitrogens with one attached hydrogen (secondary N) is 1. The molecule has 1 aliphatic carbocycles. The van der Waals surface area contributed by atoms with Crippen LogP contribution in [0.4, 0.5) is 0 Å². The number of rotatable bonds is 1. The van der Waals surface area contributed by atoms with Crippen molar-refractivity contribution in [3.05, 3.63) is 0 Å². The third-order valence-electron chi connectivity index (χ3n) is 2.77. The topological polar surface area (TPSA) is 49.3 Å². The number of carbonyl (C=O) groups is 1. The van der Waals surface area contributed by atoms with E-state index in [4.69, 9.17) is 5.11 Å². The molecule has 0 aromatic rings. The van der Waals surface area contributed by atoms with Gasteiger partial charge < -0.3 is 10.4 Å². The molecule has 2 aliphatic rings. The summed E-state index contributed by atoms with van der Waals surface area (Å²) in [6.45, 7) is 0.918. The fourth-order valence-corrected chi connectivity index (χ4v) is 1.99. The highest BCUT2D eigenvalue weighted by Crippen LogP contribution is 2.40. The molecule has 1 saturated heterocycles. The van der Waals surface area contributed by atoms with Crippen molar-refractivity contribution < 1.29 is 9.90 Å². The van der Waals surface area contributed by atoms with Crippen LogP contribution in [0.25, 0.3) is 0 Å². The van der Waals surface area contributed by atoms with Crippen molar-refractivity contribution in [1.29, 1.82) is 0 Å². The molecule has 2 fully saturated rings. The maximum Gasteiger partial charge on any atom is 0.320 e. The molecular formula is C7H11NO2. The molecule has 0 aromatic heterocycles. The highest BCUT2D eigenvalue weighted by atomic mass is 16.4. The number of hydrogen-bond acceptors (Lipinski definition) is 2. The first kappa shape index (κ1) is 6.16. The molecule has 10 heavy (non-hydrogen) atoms. The van der Waals surface area contributed by atoms with E-state index in [0.29, 0.717) is 11.8 Å². The minimum absolute atomic E-state index is 0.237. The van der Waals surface area contributed by atoms with E-state index in [1.807, 2.05) is 0 Å². The summed E-state index contributed by atoms with van der Waals surface area (Å²) in [5, 5.41) is 11.7. The van der Waals surface area contributed by atoms with E-state index in [2.05, 4.69) is 5.32 Å². The van der Waals surface area contributed by atoms with Gasteiger partial charge in [-0.3, -0.25) is 4.79 Å². The normalized spacial score (nSPS) is 44.2. The zero-order chi connectivity index (χ0) is 7.14. The monoisotopic (exact) mass is 141 g/mol. The van der Waals surface area contributed by atoms with Gasteiger partial charge in [0.1, 0.15) is 6.04 Å². The van der Waals surface area contributed by atoms with Crippen molar-refractivity contribution in [3.63, 3.8) is 0 Å². The molecule has 2 N–H and O–H groups in total. The fraction of sp³-hybridized carbons (Fsp3) is 0.857. The molecule has 0 aromatic carbocycles. The molecule has 1 aliphatic heterocycles. The lowest BCUT2D eigenvalue weighted by Crippen LogP contribution is -2.38. The minimum Gasteiger partial charge on any atom is -0.480 e. The Balaban J connectivity index is 2.05. The van der Waals surface area contributed by atoms with Gasteiger partial charge in [0.15, 0.2) is 0 Å². The van der Waals surface area contributed by atoms with Crippen molar-refractivity contribution in [2.75, 3.05) is 6.54 Å². The summed E-state index contributed by atoms with van der Waals surface area (Å²) in [6, 6.07) is -0.237. The van der Waals surface area contributed by atoms with Gasteiger partial charge in [-0.15, -0.1) is 0 Å². The van der Waals surface area contributed by atoms with Gasteiger partial charge in [0.05, 0.1) is 0 Å². The Kier molecular flexibility index (Phi) is 1.20. The van der Waals surface area contributed by atoms with Crippen LogP contribution in [0.2, 0.25) is 0 Å². The lowest BCUT2D eigenvalue weighted by Gasteiger charge is -2.30. The molecule has 0 spiro atoms. The van der Waals surface area contributed by atoms with Crippen LogP contribution in [-0.2, 0) is 4.79 Å². The largest absolute Gasteiger partial charge is 0.480 e. The SMILES string of the molecule is O=C(O)[C@H]1NC[C@@H]2CC[C@@H]21. The van der Waals surface area contributed by atoms with Gasteiger partial charge in [-0.05, 0) is 31.2 Å². The van der Waals surface area contributed by atoms with Gasteiger partial charge in [-0.2, -0.15) is 0 Å². The van der Waals surface area contributed by atoms with E-state index in [9.17, 15) is 4.79 Å². The van der Waals surface area contributed by atoms with Crippen molar-refractivity contribution in [1.82, 2.24) is 5.32 Å². The molecule has 0 unspecified atom stereocenters. The molecule has 1 heterocycles. The number of carboxylic acids is 1. The summed E-state index contributed by atoms with van der Waals surface area (Å²) in [6.07, 6.45) is 2.33. The molecule has 3 nitrogen and oxygen atoms in total. The van der Waals surface area contributed by atoms with Crippen LogP contribution in [-0.4, -0.2) is 23.7 Å². The second-order valence-electron chi connectivity index (χ2n) is 3.23. The second kappa shape index (κ2) is 1.95. The van der Waals surface area contributed by atoms with E-state index in [1.165, 1.54) is 6.42 Å². The van der Waals surface area contributed by atoms with Gasteiger partial charge in [0, 0.05) is 0 Å². The fourth-order valence-electron chi connectivity index (χ4n) is 1.99. The number of hydrogen-bond donors (Lipinski definition) is 2. The van der Waals surface area contributed by atoms with Crippen LogP contribution < -0.4 is 5.32 Å². The highest BCUT2D eigenvalue weighted by Gasteiger charge is 2.45. The first-order chi connectivity index (χ1) is 4.79. The molecular weight excluding hydrogens is 130 g/mol. The molecule has 56 valence electrons. The minimum atomic E-state index is -0.674. The maximum atomic E-state index is 10.5. The third-order valence-corrected chi connectivity index (χ3v) is 2.77. The summed E-state index contributed by atoms with van der Waals surface area (Å²) >= 11 is 0. The van der Waals surface area contributed by atoms with E-state index < -0.39 is 5.97 Å². The smallest absolute Gasteiger partial charge is 0.320 e. The van der Waals surface area contributed by atoms with Crippen molar-refractivity contribution in [3.8, 4) is 0 Å². The van der Waals surface area contributed by atoms with Gasteiger partial charge in [-0.25, -0.2) is 0 Å². The summed E-state index contributed by atoms with van der Waals surface area (Å²) < 4.78 is 0. The summed E-state index contributed by atoms with van der Waals surface area (Å²) in [5.41, 5.74) is 0. The van der Waals surface area contributed by atoms with E-state index in [0.717, 1.165) is 13.0 Å². The molecule has 3 heteroatoms. The van der Waals surface area contributed by atoms with Crippen LogP contribution in [0.1, 0.15) is 12.8 Å². The predicted octanol–water partition coefficient (Wildman–Crippen LogP) is 0.0690. The van der Waals surface area contributed by atoms with E-state index >= 15 is 0 Å². The Bertz CT molecular complexity index is 169. The van der Waals surface area contributed by atoms with E-state index in [-0.39, 0.29) is 6.04 Å². The van der Waals surface area contributed by atoms with Gasteiger partial charge >= 0.3 is 5.97 Å².